The van der Waals surface area contributed by atoms with Crippen molar-refractivity contribution in [1.29, 1.82) is 5.26 Å². The Balaban J connectivity index is 1.25. The molecule has 9 rings (SSSR count). The maximum atomic E-state index is 17.2. The summed E-state index contributed by atoms with van der Waals surface area (Å²) in [6.07, 6.45) is 1.59. The Labute approximate surface area is 292 Å². The number of benzene rings is 2. The van der Waals surface area contributed by atoms with Crippen LogP contribution < -0.4 is 20.7 Å². The van der Waals surface area contributed by atoms with Crippen LogP contribution in [0.25, 0.3) is 32.1 Å². The van der Waals surface area contributed by atoms with Gasteiger partial charge in [0.2, 0.25) is 0 Å². The number of piperazine rings is 1. The highest BCUT2D eigenvalue weighted by molar-refractivity contribution is 7.23. The molecule has 5 aliphatic rings. The molecule has 15 heteroatoms. The highest BCUT2D eigenvalue weighted by Crippen LogP contribution is 2.51. The molecule has 0 radical (unpaired) electrons. The van der Waals surface area contributed by atoms with Crippen LogP contribution in [0.1, 0.15) is 56.1 Å². The van der Waals surface area contributed by atoms with Gasteiger partial charge in [0, 0.05) is 47.6 Å². The first kappa shape index (κ1) is 32.8. The fourth-order valence-corrected chi connectivity index (χ4v) is 10.3. The Morgan fingerprint density at radius 1 is 1.18 bits per heavy atom. The third kappa shape index (κ3) is 5.08. The molecule has 0 unspecified atom stereocenters. The number of anilines is 2. The number of ether oxygens (including phenoxy) is 1. The van der Waals surface area contributed by atoms with Crippen LogP contribution in [0.15, 0.2) is 30.1 Å². The molecule has 4 saturated heterocycles. The second kappa shape index (κ2) is 11.4. The zero-order valence-electron chi connectivity index (χ0n) is 27.3. The zero-order chi connectivity index (χ0) is 35.4. The van der Waals surface area contributed by atoms with E-state index in [9.17, 15) is 14.0 Å². The number of nitrogen functional groups attached to an aromatic ring is 1. The minimum atomic E-state index is -5.06. The Bertz CT molecular complexity index is 2190. The van der Waals surface area contributed by atoms with Crippen molar-refractivity contribution >= 4 is 43.1 Å². The van der Waals surface area contributed by atoms with E-state index in [0.29, 0.717) is 55.2 Å². The van der Waals surface area contributed by atoms with Gasteiger partial charge in [-0.3, -0.25) is 4.90 Å². The van der Waals surface area contributed by atoms with E-state index in [0.717, 1.165) is 63.3 Å². The van der Waals surface area contributed by atoms with Crippen LogP contribution in [-0.2, 0) is 6.18 Å². The number of nitrogens with zero attached hydrogens (tertiary/aromatic N) is 5. The fourth-order valence-electron chi connectivity index (χ4n) is 9.31. The number of halogens is 6. The van der Waals surface area contributed by atoms with Gasteiger partial charge in [-0.15, -0.1) is 11.3 Å². The predicted octanol–water partition coefficient (Wildman–Crippen LogP) is 7.45. The van der Waals surface area contributed by atoms with Crippen LogP contribution in [0.4, 0.5) is 37.2 Å². The average molecular weight is 726 g/mol. The maximum absolute atomic E-state index is 17.2. The number of fused-ring (bicyclic) bond motifs is 5. The van der Waals surface area contributed by atoms with Gasteiger partial charge in [-0.2, -0.15) is 28.4 Å². The van der Waals surface area contributed by atoms with Crippen molar-refractivity contribution in [1.82, 2.24) is 20.2 Å². The van der Waals surface area contributed by atoms with E-state index in [-0.39, 0.29) is 67.1 Å². The van der Waals surface area contributed by atoms with Crippen LogP contribution in [0.2, 0.25) is 0 Å². The Hall–Kier alpha value is -4.13. The fraction of sp³-hybridized carbons (Fsp3) is 0.472. The topological polar surface area (TPSA) is 103 Å². The number of nitriles is 1. The van der Waals surface area contributed by atoms with Crippen LogP contribution in [0.5, 0.6) is 6.01 Å². The zero-order valence-corrected chi connectivity index (χ0v) is 28.2. The number of nitrogens with two attached hydrogens (primary N) is 1. The third-order valence-electron chi connectivity index (χ3n) is 11.7. The van der Waals surface area contributed by atoms with E-state index in [2.05, 4.69) is 15.2 Å². The molecule has 1 saturated carbocycles. The van der Waals surface area contributed by atoms with Gasteiger partial charge in [0.25, 0.3) is 0 Å². The summed E-state index contributed by atoms with van der Waals surface area (Å²) < 4.78 is 97.2. The lowest BCUT2D eigenvalue weighted by Gasteiger charge is -2.42. The molecule has 3 N–H and O–H groups in total. The molecule has 2 aromatic carbocycles. The van der Waals surface area contributed by atoms with Crippen LogP contribution in [0, 0.1) is 28.9 Å². The molecule has 2 aromatic heterocycles. The van der Waals surface area contributed by atoms with Gasteiger partial charge in [-0.25, -0.2) is 13.2 Å². The van der Waals surface area contributed by atoms with E-state index in [1.165, 1.54) is 0 Å². The number of rotatable bonds is 6. The highest BCUT2D eigenvalue weighted by Gasteiger charge is 2.54. The molecule has 266 valence electrons. The van der Waals surface area contributed by atoms with Crippen molar-refractivity contribution in [3.8, 4) is 23.2 Å². The van der Waals surface area contributed by atoms with E-state index in [4.69, 9.17) is 15.5 Å². The van der Waals surface area contributed by atoms with Crippen LogP contribution in [-0.4, -0.2) is 64.8 Å². The van der Waals surface area contributed by atoms with E-state index >= 15 is 17.6 Å². The average Bonchev–Trinajstić information content (AvgIpc) is 3.56. The second-order valence-electron chi connectivity index (χ2n) is 14.8. The summed E-state index contributed by atoms with van der Waals surface area (Å²) in [6.45, 7) is 2.24. The van der Waals surface area contributed by atoms with E-state index in [1.807, 2.05) is 11.0 Å². The first-order chi connectivity index (χ1) is 24.4. The minimum Gasteiger partial charge on any atom is -0.461 e. The quantitative estimate of drug-likeness (QED) is 0.198. The van der Waals surface area contributed by atoms with Gasteiger partial charge < -0.3 is 20.7 Å². The SMILES string of the molecule is N#Cc1c(N)sc2c(F)ccc(-c3c(C(F)(F)F)cc4c(N5C[C@@H]6CC[C@](C7CC7)(C5)N6)nc(OC[C@@]56CCCN5C/C(=C\F)C6)nc4c3F)c12. The Kier molecular flexibility index (Phi) is 7.34. The molecule has 0 spiro atoms. The highest BCUT2D eigenvalue weighted by atomic mass is 32.1. The molecule has 8 nitrogen and oxygen atoms in total. The van der Waals surface area contributed by atoms with Gasteiger partial charge in [-0.05, 0) is 80.7 Å². The predicted molar refractivity (Wildman–Crippen MR) is 181 cm³/mol. The normalized spacial score (nSPS) is 27.2. The van der Waals surface area contributed by atoms with Crippen LogP contribution in [0.3, 0.4) is 0 Å². The van der Waals surface area contributed by atoms with Crippen molar-refractivity contribution in [3.05, 3.63) is 52.9 Å². The van der Waals surface area contributed by atoms with Gasteiger partial charge in [0.05, 0.1) is 27.7 Å². The number of alkyl halides is 3. The summed E-state index contributed by atoms with van der Waals surface area (Å²) in [5.41, 5.74) is 2.80. The lowest BCUT2D eigenvalue weighted by Crippen LogP contribution is -2.61. The van der Waals surface area contributed by atoms with Crippen LogP contribution >= 0.6 is 11.3 Å². The molecule has 6 heterocycles. The molecule has 2 bridgehead atoms. The molecular weight excluding hydrogens is 692 g/mol. The summed E-state index contributed by atoms with van der Waals surface area (Å²) in [5.74, 6) is -1.52. The standard InChI is InChI=1S/C36H33F6N7OS/c37-12-18-11-34(7-1-9-49(34)14-18)17-50-33-45-29-22(32(46-33)48-15-20-6-8-35(16-48,47-20)19-2-3-19)10-24(36(40,41)42)27(28(29)39)21-4-5-25(38)30-26(21)23(13-43)31(44)51-30/h4-5,10,12,19-20,47H,1-3,6-9,11,14-17,44H2/b18-12-/t20-,34-,35+/m0/s1. The molecule has 1 aliphatic carbocycles. The van der Waals surface area contributed by atoms with Gasteiger partial charge in [0.1, 0.15) is 34.8 Å². The molecule has 5 fully saturated rings. The molecular formula is C36H33F6N7OS. The largest absolute Gasteiger partial charge is 0.461 e. The molecule has 4 aromatic rings. The summed E-state index contributed by atoms with van der Waals surface area (Å²) in [4.78, 5) is 13.2. The smallest absolute Gasteiger partial charge is 0.417 e. The lowest BCUT2D eigenvalue weighted by molar-refractivity contribution is -0.137. The molecule has 0 amide bonds. The van der Waals surface area contributed by atoms with Crippen molar-refractivity contribution < 1.29 is 31.1 Å². The van der Waals surface area contributed by atoms with Gasteiger partial charge >= 0.3 is 12.2 Å². The third-order valence-corrected chi connectivity index (χ3v) is 12.7. The monoisotopic (exact) mass is 725 g/mol. The van der Waals surface area contributed by atoms with Crippen molar-refractivity contribution in [2.45, 2.75) is 68.2 Å². The second-order valence-corrected chi connectivity index (χ2v) is 15.8. The van der Waals surface area contributed by atoms with Crippen molar-refractivity contribution in [2.24, 2.45) is 5.92 Å². The van der Waals surface area contributed by atoms with Crippen molar-refractivity contribution in [2.75, 3.05) is 43.4 Å². The van der Waals surface area contributed by atoms with E-state index < -0.39 is 34.5 Å². The summed E-state index contributed by atoms with van der Waals surface area (Å²) in [6, 6.07) is 4.59. The van der Waals surface area contributed by atoms with E-state index in [1.54, 1.807) is 0 Å². The molecule has 3 atom stereocenters. The first-order valence-electron chi connectivity index (χ1n) is 17.1. The Morgan fingerprint density at radius 3 is 2.75 bits per heavy atom. The van der Waals surface area contributed by atoms with Gasteiger partial charge in [0.15, 0.2) is 5.82 Å². The molecule has 51 heavy (non-hydrogen) atoms. The summed E-state index contributed by atoms with van der Waals surface area (Å²) in [5, 5.41) is 13.2. The minimum absolute atomic E-state index is 0.0798. The van der Waals surface area contributed by atoms with Gasteiger partial charge in [-0.1, -0.05) is 6.07 Å². The molecule has 4 aliphatic heterocycles. The number of hydrogen-bond acceptors (Lipinski definition) is 9. The summed E-state index contributed by atoms with van der Waals surface area (Å²) in [7, 11) is 0. The number of aromatic nitrogens is 2. The first-order valence-corrected chi connectivity index (χ1v) is 18.0. The Morgan fingerprint density at radius 2 is 2.00 bits per heavy atom. The number of thiophene rings is 1. The summed E-state index contributed by atoms with van der Waals surface area (Å²) >= 11 is 0.713. The lowest BCUT2D eigenvalue weighted by atomic mass is 9.90. The maximum Gasteiger partial charge on any atom is 0.417 e. The van der Waals surface area contributed by atoms with Crippen molar-refractivity contribution in [3.63, 3.8) is 0 Å². The number of hydrogen-bond donors (Lipinski definition) is 2. The number of nitrogens with one attached hydrogen (secondary N) is 1.